The normalized spacial score (nSPS) is 28.0. The SMILES string of the molecule is CC(C)N1CCC(c2cn3c(n2)C(CO)CCC3)C1. The number of aliphatic hydroxyl groups is 1. The molecule has 0 amide bonds. The first-order valence-corrected chi connectivity index (χ1v) is 7.61. The number of imidazole rings is 1. The molecule has 2 atom stereocenters. The molecule has 4 heteroatoms. The number of hydrogen-bond donors (Lipinski definition) is 1. The maximum absolute atomic E-state index is 9.47. The predicted molar refractivity (Wildman–Crippen MR) is 75.4 cm³/mol. The van der Waals surface area contributed by atoms with Gasteiger partial charge in [0.15, 0.2) is 0 Å². The van der Waals surface area contributed by atoms with E-state index in [9.17, 15) is 5.11 Å². The van der Waals surface area contributed by atoms with Gasteiger partial charge in [-0.05, 0) is 39.7 Å². The molecule has 2 unspecified atom stereocenters. The van der Waals surface area contributed by atoms with E-state index in [1.807, 2.05) is 0 Å². The van der Waals surface area contributed by atoms with Crippen molar-refractivity contribution in [2.24, 2.45) is 0 Å². The fourth-order valence-corrected chi connectivity index (χ4v) is 3.46. The van der Waals surface area contributed by atoms with Gasteiger partial charge in [-0.3, -0.25) is 0 Å². The van der Waals surface area contributed by atoms with Gasteiger partial charge in [-0.1, -0.05) is 0 Å². The van der Waals surface area contributed by atoms with Crippen LogP contribution in [0.3, 0.4) is 0 Å². The van der Waals surface area contributed by atoms with Crippen molar-refractivity contribution in [3.8, 4) is 0 Å². The molecule has 0 aromatic carbocycles. The van der Waals surface area contributed by atoms with E-state index in [2.05, 4.69) is 29.5 Å². The number of likely N-dealkylation sites (tertiary alicyclic amines) is 1. The van der Waals surface area contributed by atoms with Crippen LogP contribution in [0.25, 0.3) is 0 Å². The lowest BCUT2D eigenvalue weighted by Gasteiger charge is -2.21. The molecule has 0 bridgehead atoms. The Balaban J connectivity index is 1.78. The number of hydrogen-bond acceptors (Lipinski definition) is 3. The maximum atomic E-state index is 9.47. The van der Waals surface area contributed by atoms with E-state index < -0.39 is 0 Å². The van der Waals surface area contributed by atoms with Gasteiger partial charge in [-0.25, -0.2) is 4.98 Å². The van der Waals surface area contributed by atoms with E-state index in [0.717, 1.165) is 31.8 Å². The van der Waals surface area contributed by atoms with Crippen LogP contribution in [0, 0.1) is 0 Å². The molecule has 106 valence electrons. The van der Waals surface area contributed by atoms with Gasteiger partial charge in [0.25, 0.3) is 0 Å². The third-order valence-corrected chi connectivity index (χ3v) is 4.73. The van der Waals surface area contributed by atoms with Gasteiger partial charge in [0.2, 0.25) is 0 Å². The van der Waals surface area contributed by atoms with Crippen LogP contribution in [0.15, 0.2) is 6.20 Å². The summed E-state index contributed by atoms with van der Waals surface area (Å²) < 4.78 is 2.28. The summed E-state index contributed by atoms with van der Waals surface area (Å²) in [5.74, 6) is 1.96. The van der Waals surface area contributed by atoms with E-state index in [4.69, 9.17) is 4.98 Å². The highest BCUT2D eigenvalue weighted by Gasteiger charge is 2.30. The maximum Gasteiger partial charge on any atom is 0.114 e. The Morgan fingerprint density at radius 2 is 2.21 bits per heavy atom. The van der Waals surface area contributed by atoms with Crippen molar-refractivity contribution < 1.29 is 5.11 Å². The summed E-state index contributed by atoms with van der Waals surface area (Å²) in [6, 6.07) is 0.632. The first-order valence-electron chi connectivity index (χ1n) is 7.61. The van der Waals surface area contributed by atoms with Gasteiger partial charge in [0.1, 0.15) is 5.82 Å². The molecular weight excluding hydrogens is 238 g/mol. The summed E-state index contributed by atoms with van der Waals surface area (Å²) in [7, 11) is 0. The lowest BCUT2D eigenvalue weighted by molar-refractivity contribution is 0.238. The molecule has 1 N–H and O–H groups in total. The molecule has 0 spiro atoms. The van der Waals surface area contributed by atoms with Crippen LogP contribution in [-0.2, 0) is 6.54 Å². The molecule has 1 aromatic rings. The molecule has 0 saturated carbocycles. The average Bonchev–Trinajstić information content (AvgIpc) is 3.04. The van der Waals surface area contributed by atoms with Crippen molar-refractivity contribution in [2.45, 2.75) is 57.5 Å². The largest absolute Gasteiger partial charge is 0.396 e. The van der Waals surface area contributed by atoms with Crippen molar-refractivity contribution >= 4 is 0 Å². The van der Waals surface area contributed by atoms with Gasteiger partial charge >= 0.3 is 0 Å². The molecular formula is C15H25N3O. The van der Waals surface area contributed by atoms with Crippen LogP contribution >= 0.6 is 0 Å². The minimum Gasteiger partial charge on any atom is -0.396 e. The Hall–Kier alpha value is -0.870. The minimum atomic E-state index is 0.235. The average molecular weight is 263 g/mol. The van der Waals surface area contributed by atoms with Crippen LogP contribution in [0.1, 0.15) is 56.5 Å². The Bertz CT molecular complexity index is 441. The molecule has 1 fully saturated rings. The Morgan fingerprint density at radius 3 is 2.89 bits per heavy atom. The van der Waals surface area contributed by atoms with E-state index in [1.165, 1.54) is 18.7 Å². The zero-order valence-electron chi connectivity index (χ0n) is 12.0. The summed E-state index contributed by atoms with van der Waals surface area (Å²) in [4.78, 5) is 7.39. The van der Waals surface area contributed by atoms with Crippen molar-refractivity contribution in [2.75, 3.05) is 19.7 Å². The molecule has 1 aromatic heterocycles. The smallest absolute Gasteiger partial charge is 0.114 e. The van der Waals surface area contributed by atoms with Crippen LogP contribution in [0.4, 0.5) is 0 Å². The molecule has 3 rings (SSSR count). The van der Waals surface area contributed by atoms with Crippen LogP contribution in [-0.4, -0.2) is 45.3 Å². The number of nitrogens with zero attached hydrogens (tertiary/aromatic N) is 3. The second kappa shape index (κ2) is 5.25. The number of rotatable bonds is 3. The summed E-state index contributed by atoms with van der Waals surface area (Å²) in [6.07, 6.45) is 5.70. The molecule has 1 saturated heterocycles. The Kier molecular flexibility index (Phi) is 3.63. The minimum absolute atomic E-state index is 0.235. The van der Waals surface area contributed by atoms with E-state index in [1.54, 1.807) is 0 Å². The van der Waals surface area contributed by atoms with Gasteiger partial charge < -0.3 is 14.6 Å². The topological polar surface area (TPSA) is 41.3 Å². The van der Waals surface area contributed by atoms with Crippen molar-refractivity contribution in [3.05, 3.63) is 17.7 Å². The third-order valence-electron chi connectivity index (χ3n) is 4.73. The first kappa shape index (κ1) is 13.1. The lowest BCUT2D eigenvalue weighted by atomic mass is 10.0. The predicted octanol–water partition coefficient (Wildman–Crippen LogP) is 1.95. The van der Waals surface area contributed by atoms with E-state index in [-0.39, 0.29) is 12.5 Å². The van der Waals surface area contributed by atoms with Crippen LogP contribution in [0.2, 0.25) is 0 Å². The highest BCUT2D eigenvalue weighted by Crippen LogP contribution is 2.32. The van der Waals surface area contributed by atoms with Gasteiger partial charge in [-0.15, -0.1) is 0 Å². The fraction of sp³-hybridized carbons (Fsp3) is 0.800. The standard InChI is InChI=1S/C15H25N3O/c1-11(2)17-7-5-12(8-17)14-9-18-6-3-4-13(10-19)15(18)16-14/h9,11-13,19H,3-8,10H2,1-2H3. The molecule has 19 heavy (non-hydrogen) atoms. The second-order valence-electron chi connectivity index (χ2n) is 6.31. The zero-order valence-corrected chi connectivity index (χ0v) is 12.0. The van der Waals surface area contributed by atoms with Gasteiger partial charge in [0.05, 0.1) is 12.3 Å². The van der Waals surface area contributed by atoms with Crippen molar-refractivity contribution in [3.63, 3.8) is 0 Å². The first-order chi connectivity index (χ1) is 9.19. The molecule has 0 aliphatic carbocycles. The summed E-state index contributed by atoms with van der Waals surface area (Å²) in [5.41, 5.74) is 1.25. The zero-order chi connectivity index (χ0) is 13.4. The summed E-state index contributed by atoms with van der Waals surface area (Å²) in [6.45, 7) is 8.16. The van der Waals surface area contributed by atoms with Gasteiger partial charge in [-0.2, -0.15) is 0 Å². The van der Waals surface area contributed by atoms with Crippen LogP contribution < -0.4 is 0 Å². The number of fused-ring (bicyclic) bond motifs is 1. The van der Waals surface area contributed by atoms with Crippen LogP contribution in [0.5, 0.6) is 0 Å². The quantitative estimate of drug-likeness (QED) is 0.906. The molecule has 2 aliphatic heterocycles. The molecule has 2 aliphatic rings. The van der Waals surface area contributed by atoms with E-state index >= 15 is 0 Å². The number of aliphatic hydroxyl groups excluding tert-OH is 1. The molecule has 4 nitrogen and oxygen atoms in total. The molecule has 0 radical (unpaired) electrons. The Morgan fingerprint density at radius 1 is 1.37 bits per heavy atom. The van der Waals surface area contributed by atoms with E-state index in [0.29, 0.717) is 12.0 Å². The Labute approximate surface area is 115 Å². The highest BCUT2D eigenvalue weighted by atomic mass is 16.3. The highest BCUT2D eigenvalue weighted by molar-refractivity contribution is 5.16. The fourth-order valence-electron chi connectivity index (χ4n) is 3.46. The summed E-state index contributed by atoms with van der Waals surface area (Å²) in [5, 5.41) is 9.47. The van der Waals surface area contributed by atoms with Crippen molar-refractivity contribution in [1.82, 2.24) is 14.5 Å². The van der Waals surface area contributed by atoms with Crippen molar-refractivity contribution in [1.29, 1.82) is 0 Å². The summed E-state index contributed by atoms with van der Waals surface area (Å²) >= 11 is 0. The molecule has 3 heterocycles. The third kappa shape index (κ3) is 2.43. The second-order valence-corrected chi connectivity index (χ2v) is 6.31. The number of aromatic nitrogens is 2. The monoisotopic (exact) mass is 263 g/mol. The number of aryl methyl sites for hydroxylation is 1. The lowest BCUT2D eigenvalue weighted by Crippen LogP contribution is -2.27. The van der Waals surface area contributed by atoms with Gasteiger partial charge in [0, 0.05) is 37.2 Å².